The first kappa shape index (κ1) is 19.5. The molecule has 0 radical (unpaired) electrons. The fourth-order valence-corrected chi connectivity index (χ4v) is 2.53. The molecular weight excluding hydrogens is 296 g/mol. The highest BCUT2D eigenvalue weighted by atomic mass is 16.5. The summed E-state index contributed by atoms with van der Waals surface area (Å²) >= 11 is 0. The van der Waals surface area contributed by atoms with Crippen LogP contribution in [0.4, 0.5) is 4.79 Å². The highest BCUT2D eigenvalue weighted by Crippen LogP contribution is 2.25. The number of aliphatic hydroxyl groups is 1. The van der Waals surface area contributed by atoms with Crippen LogP contribution in [0.15, 0.2) is 16.5 Å². The molecule has 0 bridgehead atoms. The number of hydrogen-bond donors (Lipinski definition) is 3. The molecule has 0 saturated carbocycles. The van der Waals surface area contributed by atoms with Crippen molar-refractivity contribution in [2.75, 3.05) is 20.3 Å². The second-order valence-electron chi connectivity index (χ2n) is 6.96. The average Bonchev–Trinajstić information content (AvgIpc) is 2.90. The van der Waals surface area contributed by atoms with E-state index in [2.05, 4.69) is 10.6 Å². The number of aryl methyl sites for hydroxylation is 1. The number of nitrogens with one attached hydrogen (secondary N) is 2. The molecular formula is C17H30N2O4. The van der Waals surface area contributed by atoms with E-state index in [1.54, 1.807) is 7.11 Å². The van der Waals surface area contributed by atoms with Crippen molar-refractivity contribution in [2.45, 2.75) is 46.8 Å². The molecule has 2 atom stereocenters. The quantitative estimate of drug-likeness (QED) is 0.686. The Morgan fingerprint density at radius 3 is 2.52 bits per heavy atom. The summed E-state index contributed by atoms with van der Waals surface area (Å²) in [6.45, 7) is 10.3. The second-order valence-corrected chi connectivity index (χ2v) is 6.96. The van der Waals surface area contributed by atoms with Crippen LogP contribution in [0, 0.1) is 18.3 Å². The third-order valence-electron chi connectivity index (χ3n) is 3.88. The Kier molecular flexibility index (Phi) is 7.09. The highest BCUT2D eigenvalue weighted by molar-refractivity contribution is 5.74. The lowest BCUT2D eigenvalue weighted by molar-refractivity contribution is 0.0150. The molecule has 6 heteroatoms. The average molecular weight is 326 g/mol. The molecule has 0 fully saturated rings. The molecule has 0 spiro atoms. The Morgan fingerprint density at radius 2 is 2.04 bits per heavy atom. The van der Waals surface area contributed by atoms with E-state index in [0.29, 0.717) is 18.9 Å². The van der Waals surface area contributed by atoms with Gasteiger partial charge in [-0.3, -0.25) is 0 Å². The topological polar surface area (TPSA) is 83.7 Å². The normalized spacial score (nSPS) is 14.6. The lowest BCUT2D eigenvalue weighted by Crippen LogP contribution is -2.47. The summed E-state index contributed by atoms with van der Waals surface area (Å²) in [6, 6.07) is 3.00. The number of hydrogen-bond acceptors (Lipinski definition) is 4. The first-order valence-electron chi connectivity index (χ1n) is 7.95. The third-order valence-corrected chi connectivity index (χ3v) is 3.88. The van der Waals surface area contributed by atoms with Crippen LogP contribution < -0.4 is 10.6 Å². The van der Waals surface area contributed by atoms with Gasteiger partial charge in [0.05, 0.1) is 12.7 Å². The summed E-state index contributed by atoms with van der Waals surface area (Å²) < 4.78 is 10.7. The van der Waals surface area contributed by atoms with Gasteiger partial charge in [-0.05, 0) is 25.0 Å². The number of aliphatic hydroxyl groups excluding tert-OH is 1. The minimum absolute atomic E-state index is 0.127. The smallest absolute Gasteiger partial charge is 0.315 e. The number of ether oxygens (including phenoxy) is 1. The molecule has 2 unspecified atom stereocenters. The monoisotopic (exact) mass is 326 g/mol. The first-order chi connectivity index (χ1) is 10.7. The number of amides is 2. The van der Waals surface area contributed by atoms with Crippen LogP contribution >= 0.6 is 0 Å². The molecule has 1 aromatic rings. The van der Waals surface area contributed by atoms with Crippen molar-refractivity contribution in [1.82, 2.24) is 10.6 Å². The maximum atomic E-state index is 12.1. The molecule has 0 aliphatic carbocycles. The number of methoxy groups -OCH3 is 1. The van der Waals surface area contributed by atoms with Gasteiger partial charge in [0.25, 0.3) is 0 Å². The molecule has 3 N–H and O–H groups in total. The minimum Gasteiger partial charge on any atom is -0.464 e. The van der Waals surface area contributed by atoms with Crippen LogP contribution in [-0.4, -0.2) is 37.5 Å². The Bertz CT molecular complexity index is 497. The van der Waals surface area contributed by atoms with Crippen molar-refractivity contribution < 1.29 is 19.1 Å². The van der Waals surface area contributed by atoms with Crippen molar-refractivity contribution in [3.05, 3.63) is 23.7 Å². The SMILES string of the molecule is COCC(NC(=O)NCC(C)(C)C(O)C(C)C)c1ccc(C)o1. The van der Waals surface area contributed by atoms with Crippen molar-refractivity contribution in [2.24, 2.45) is 11.3 Å². The number of furan rings is 1. The van der Waals surface area contributed by atoms with Gasteiger partial charge in [0.1, 0.15) is 17.6 Å². The molecule has 1 aromatic heterocycles. The Morgan fingerprint density at radius 1 is 1.39 bits per heavy atom. The number of carbonyl (C=O) groups excluding carboxylic acids is 1. The van der Waals surface area contributed by atoms with Crippen molar-refractivity contribution >= 4 is 6.03 Å². The zero-order chi connectivity index (χ0) is 17.6. The van der Waals surface area contributed by atoms with E-state index >= 15 is 0 Å². The van der Waals surface area contributed by atoms with Crippen molar-refractivity contribution in [3.8, 4) is 0 Å². The van der Waals surface area contributed by atoms with Crippen LogP contribution in [0.2, 0.25) is 0 Å². The molecule has 6 nitrogen and oxygen atoms in total. The van der Waals surface area contributed by atoms with Crippen molar-refractivity contribution in [3.63, 3.8) is 0 Å². The molecule has 0 aliphatic rings. The summed E-state index contributed by atoms with van der Waals surface area (Å²) in [5.41, 5.74) is -0.413. The highest BCUT2D eigenvalue weighted by Gasteiger charge is 2.30. The van der Waals surface area contributed by atoms with Crippen molar-refractivity contribution in [1.29, 1.82) is 0 Å². The molecule has 0 aromatic carbocycles. The molecule has 0 aliphatic heterocycles. The summed E-state index contributed by atoms with van der Waals surface area (Å²) in [6.07, 6.45) is -0.495. The summed E-state index contributed by atoms with van der Waals surface area (Å²) in [4.78, 5) is 12.1. The Balaban J connectivity index is 2.59. The van der Waals surface area contributed by atoms with E-state index in [1.165, 1.54) is 0 Å². The zero-order valence-electron chi connectivity index (χ0n) is 15.0. The van der Waals surface area contributed by atoms with Gasteiger partial charge in [0, 0.05) is 19.1 Å². The fraction of sp³-hybridized carbons (Fsp3) is 0.706. The lowest BCUT2D eigenvalue weighted by atomic mass is 9.81. The summed E-state index contributed by atoms with van der Waals surface area (Å²) in [7, 11) is 1.57. The predicted octanol–water partition coefficient (Wildman–Crippen LogP) is 2.62. The van der Waals surface area contributed by atoms with Crippen LogP contribution in [0.1, 0.15) is 45.3 Å². The van der Waals surface area contributed by atoms with E-state index in [9.17, 15) is 9.90 Å². The van der Waals surface area contributed by atoms with Crippen LogP contribution in [0.5, 0.6) is 0 Å². The van der Waals surface area contributed by atoms with E-state index in [-0.39, 0.29) is 18.0 Å². The summed E-state index contributed by atoms with van der Waals surface area (Å²) in [5.74, 6) is 1.56. The largest absolute Gasteiger partial charge is 0.464 e. The molecule has 132 valence electrons. The van der Waals surface area contributed by atoms with Gasteiger partial charge in [0.2, 0.25) is 0 Å². The predicted molar refractivity (Wildman–Crippen MR) is 89.2 cm³/mol. The Hall–Kier alpha value is -1.53. The van der Waals surface area contributed by atoms with Crippen LogP contribution in [-0.2, 0) is 4.74 Å². The fourth-order valence-electron chi connectivity index (χ4n) is 2.53. The lowest BCUT2D eigenvalue weighted by Gasteiger charge is -2.33. The van der Waals surface area contributed by atoms with E-state index in [1.807, 2.05) is 46.8 Å². The van der Waals surface area contributed by atoms with Gasteiger partial charge in [-0.1, -0.05) is 27.7 Å². The zero-order valence-corrected chi connectivity index (χ0v) is 15.0. The molecule has 0 saturated heterocycles. The number of rotatable bonds is 8. The maximum absolute atomic E-state index is 12.1. The molecule has 2 amide bonds. The van der Waals surface area contributed by atoms with E-state index in [4.69, 9.17) is 9.15 Å². The van der Waals surface area contributed by atoms with Gasteiger partial charge in [-0.15, -0.1) is 0 Å². The van der Waals surface area contributed by atoms with E-state index in [0.717, 1.165) is 5.76 Å². The number of urea groups is 1. The van der Waals surface area contributed by atoms with Gasteiger partial charge < -0.3 is 24.9 Å². The Labute approximate surface area is 138 Å². The molecule has 1 heterocycles. The van der Waals surface area contributed by atoms with Crippen LogP contribution in [0.3, 0.4) is 0 Å². The minimum atomic E-state index is -0.495. The van der Waals surface area contributed by atoms with Gasteiger partial charge >= 0.3 is 6.03 Å². The first-order valence-corrected chi connectivity index (χ1v) is 7.95. The van der Waals surface area contributed by atoms with Gasteiger partial charge in [-0.2, -0.15) is 0 Å². The standard InChI is InChI=1S/C17H30N2O4/c1-11(2)15(20)17(4,5)10-18-16(21)19-13(9-22-6)14-8-7-12(3)23-14/h7-8,11,13,15,20H,9-10H2,1-6H3,(H2,18,19,21). The van der Waals surface area contributed by atoms with Gasteiger partial charge in [-0.25, -0.2) is 4.79 Å². The van der Waals surface area contributed by atoms with E-state index < -0.39 is 11.5 Å². The third kappa shape index (κ3) is 5.88. The molecule has 1 rings (SSSR count). The van der Waals surface area contributed by atoms with Gasteiger partial charge in [0.15, 0.2) is 0 Å². The molecule has 23 heavy (non-hydrogen) atoms. The number of carbonyl (C=O) groups is 1. The van der Waals surface area contributed by atoms with Crippen LogP contribution in [0.25, 0.3) is 0 Å². The maximum Gasteiger partial charge on any atom is 0.315 e. The summed E-state index contributed by atoms with van der Waals surface area (Å²) in [5, 5.41) is 15.9. The second kappa shape index (κ2) is 8.36.